The number of hydrogen-bond donors (Lipinski definition) is 1. The molecular weight excluding hydrogens is 336 g/mol. The van der Waals surface area contributed by atoms with Crippen LogP contribution in [0.3, 0.4) is 0 Å². The van der Waals surface area contributed by atoms with Crippen molar-refractivity contribution >= 4 is 23.0 Å². The highest BCUT2D eigenvalue weighted by molar-refractivity contribution is 6.00. The average molecular weight is 358 g/mol. The molecule has 0 radical (unpaired) electrons. The van der Waals surface area contributed by atoms with Gasteiger partial charge in [-0.05, 0) is 17.5 Å². The van der Waals surface area contributed by atoms with Gasteiger partial charge < -0.3 is 4.57 Å². The van der Waals surface area contributed by atoms with Gasteiger partial charge in [0.25, 0.3) is 5.91 Å². The monoisotopic (exact) mass is 358 g/mol. The number of nitriles is 1. The molecule has 0 fully saturated rings. The quantitative estimate of drug-likeness (QED) is 0.533. The number of carbonyl (C=O) groups is 1. The second kappa shape index (κ2) is 8.33. The highest BCUT2D eigenvalue weighted by Gasteiger charge is 2.19. The fourth-order valence-electron chi connectivity index (χ4n) is 3.08. The molecule has 0 saturated carbocycles. The number of fused-ring (bicyclic) bond motifs is 1. The lowest BCUT2D eigenvalue weighted by molar-refractivity contribution is -0.121. The van der Waals surface area contributed by atoms with Gasteiger partial charge in [-0.25, -0.2) is 5.43 Å². The smallest absolute Gasteiger partial charge is 0.261 e. The Kier molecular flexibility index (Phi) is 5.68. The van der Waals surface area contributed by atoms with Crippen LogP contribution in [0.25, 0.3) is 10.9 Å². The average Bonchev–Trinajstić information content (AvgIpc) is 3.00. The summed E-state index contributed by atoms with van der Waals surface area (Å²) in [5.41, 5.74) is 5.22. The lowest BCUT2D eigenvalue weighted by Gasteiger charge is -2.07. The largest absolute Gasteiger partial charge is 0.347 e. The van der Waals surface area contributed by atoms with Crippen molar-refractivity contribution in [2.45, 2.75) is 26.3 Å². The highest BCUT2D eigenvalue weighted by atomic mass is 16.2. The summed E-state index contributed by atoms with van der Waals surface area (Å²) < 4.78 is 2.20. The maximum atomic E-state index is 12.3. The molecule has 1 atom stereocenters. The van der Waals surface area contributed by atoms with Gasteiger partial charge in [0.2, 0.25) is 0 Å². The van der Waals surface area contributed by atoms with E-state index in [9.17, 15) is 10.1 Å². The van der Waals surface area contributed by atoms with Crippen LogP contribution in [0.1, 0.15) is 30.9 Å². The summed E-state index contributed by atoms with van der Waals surface area (Å²) in [6.45, 7) is 5.26. The summed E-state index contributed by atoms with van der Waals surface area (Å²) in [6.07, 6.45) is 3.68. The molecule has 136 valence electrons. The summed E-state index contributed by atoms with van der Waals surface area (Å²) >= 11 is 0. The fraction of sp³-hybridized carbons (Fsp3) is 0.227. The second-order valence-corrected chi connectivity index (χ2v) is 6.85. The molecule has 0 aliphatic rings. The minimum atomic E-state index is -0.884. The van der Waals surface area contributed by atoms with E-state index in [1.165, 1.54) is 0 Å². The maximum Gasteiger partial charge on any atom is 0.261 e. The van der Waals surface area contributed by atoms with E-state index >= 15 is 0 Å². The molecular formula is C22H22N4O. The number of hydrogen-bond acceptors (Lipinski definition) is 3. The summed E-state index contributed by atoms with van der Waals surface area (Å²) in [6, 6.07) is 19.1. The highest BCUT2D eigenvalue weighted by Crippen LogP contribution is 2.21. The Morgan fingerprint density at radius 3 is 2.59 bits per heavy atom. The lowest BCUT2D eigenvalue weighted by atomic mass is 10.0. The number of benzene rings is 2. The van der Waals surface area contributed by atoms with Gasteiger partial charge >= 0.3 is 0 Å². The van der Waals surface area contributed by atoms with Crippen molar-refractivity contribution < 1.29 is 4.79 Å². The third-order valence-electron chi connectivity index (χ3n) is 4.28. The molecule has 0 saturated heterocycles. The first-order valence-corrected chi connectivity index (χ1v) is 8.95. The number of nitrogens with one attached hydrogen (secondary N) is 1. The second-order valence-electron chi connectivity index (χ2n) is 6.85. The molecule has 3 aromatic rings. The van der Waals surface area contributed by atoms with E-state index in [2.05, 4.69) is 35.0 Å². The van der Waals surface area contributed by atoms with Crippen LogP contribution in [0.2, 0.25) is 0 Å². The molecule has 1 N–H and O–H groups in total. The fourth-order valence-corrected chi connectivity index (χ4v) is 3.08. The molecule has 5 heteroatoms. The predicted octanol–water partition coefficient (Wildman–Crippen LogP) is 4.05. The standard InChI is InChI=1S/C22H22N4O/c1-16(2)14-26-15-18(19-10-6-7-11-21(19)26)13-24-25-22(27)20(12-23)17-8-4-3-5-9-17/h3-11,13,15-16,20H,14H2,1-2H3,(H,25,27)/b24-13-/t20-/m1/s1. The van der Waals surface area contributed by atoms with Crippen LogP contribution in [0.4, 0.5) is 0 Å². The van der Waals surface area contributed by atoms with Crippen molar-refractivity contribution in [3.63, 3.8) is 0 Å². The third-order valence-corrected chi connectivity index (χ3v) is 4.28. The molecule has 0 aliphatic heterocycles. The van der Waals surface area contributed by atoms with E-state index in [1.807, 2.05) is 36.5 Å². The zero-order valence-corrected chi connectivity index (χ0v) is 15.5. The van der Waals surface area contributed by atoms with Crippen molar-refractivity contribution in [3.05, 3.63) is 71.9 Å². The van der Waals surface area contributed by atoms with Gasteiger partial charge in [-0.15, -0.1) is 0 Å². The number of amides is 1. The van der Waals surface area contributed by atoms with E-state index in [0.717, 1.165) is 23.0 Å². The first-order valence-electron chi connectivity index (χ1n) is 8.95. The molecule has 0 aliphatic carbocycles. The maximum absolute atomic E-state index is 12.3. The Morgan fingerprint density at radius 1 is 1.19 bits per heavy atom. The van der Waals surface area contributed by atoms with Gasteiger partial charge in [-0.3, -0.25) is 4.79 Å². The van der Waals surface area contributed by atoms with Crippen molar-refractivity contribution in [1.29, 1.82) is 5.26 Å². The first kappa shape index (κ1) is 18.4. The molecule has 3 rings (SSSR count). The summed E-state index contributed by atoms with van der Waals surface area (Å²) in [4.78, 5) is 12.3. The van der Waals surface area contributed by atoms with Crippen molar-refractivity contribution in [3.8, 4) is 6.07 Å². The summed E-state index contributed by atoms with van der Waals surface area (Å²) in [5, 5.41) is 14.5. The van der Waals surface area contributed by atoms with Crippen LogP contribution >= 0.6 is 0 Å². The minimum Gasteiger partial charge on any atom is -0.347 e. The Hall–Kier alpha value is -3.39. The molecule has 1 aromatic heterocycles. The van der Waals surface area contributed by atoms with E-state index in [-0.39, 0.29) is 0 Å². The predicted molar refractivity (Wildman–Crippen MR) is 107 cm³/mol. The molecule has 1 amide bonds. The van der Waals surface area contributed by atoms with Crippen molar-refractivity contribution in [1.82, 2.24) is 9.99 Å². The molecule has 1 heterocycles. The van der Waals surface area contributed by atoms with E-state index < -0.39 is 11.8 Å². The third kappa shape index (κ3) is 4.24. The number of rotatable bonds is 6. The van der Waals surface area contributed by atoms with Crippen LogP contribution in [0.5, 0.6) is 0 Å². The molecule has 2 aromatic carbocycles. The lowest BCUT2D eigenvalue weighted by Crippen LogP contribution is -2.24. The summed E-state index contributed by atoms with van der Waals surface area (Å²) in [5.74, 6) is -0.802. The number of carbonyl (C=O) groups excluding carboxylic acids is 1. The van der Waals surface area contributed by atoms with Gasteiger partial charge in [0.15, 0.2) is 5.92 Å². The van der Waals surface area contributed by atoms with Gasteiger partial charge in [0.1, 0.15) is 0 Å². The molecule has 5 nitrogen and oxygen atoms in total. The number of aromatic nitrogens is 1. The topological polar surface area (TPSA) is 70.2 Å². The van der Waals surface area contributed by atoms with Crippen LogP contribution in [0, 0.1) is 17.2 Å². The summed E-state index contributed by atoms with van der Waals surface area (Å²) in [7, 11) is 0. The van der Waals surface area contributed by atoms with E-state index in [0.29, 0.717) is 11.5 Å². The Morgan fingerprint density at radius 2 is 1.89 bits per heavy atom. The molecule has 0 bridgehead atoms. The van der Waals surface area contributed by atoms with Crippen LogP contribution < -0.4 is 5.43 Å². The van der Waals surface area contributed by atoms with E-state index in [4.69, 9.17) is 0 Å². The number of nitrogens with zero attached hydrogens (tertiary/aromatic N) is 3. The first-order chi connectivity index (χ1) is 13.1. The van der Waals surface area contributed by atoms with Crippen molar-refractivity contribution in [2.24, 2.45) is 11.0 Å². The van der Waals surface area contributed by atoms with Crippen LogP contribution in [-0.2, 0) is 11.3 Å². The Labute approximate surface area is 158 Å². The molecule has 0 unspecified atom stereocenters. The SMILES string of the molecule is CC(C)Cn1cc(/C=N\NC(=O)[C@H](C#N)c2ccccc2)c2ccccc21. The normalized spacial score (nSPS) is 12.4. The number of para-hydroxylation sites is 1. The van der Waals surface area contributed by atoms with Crippen LogP contribution in [-0.4, -0.2) is 16.7 Å². The van der Waals surface area contributed by atoms with E-state index in [1.54, 1.807) is 30.5 Å². The zero-order chi connectivity index (χ0) is 19.2. The molecule has 0 spiro atoms. The van der Waals surface area contributed by atoms with Crippen LogP contribution in [0.15, 0.2) is 65.9 Å². The van der Waals surface area contributed by atoms with Crippen molar-refractivity contribution in [2.75, 3.05) is 0 Å². The van der Waals surface area contributed by atoms with Gasteiger partial charge in [0.05, 0.1) is 12.3 Å². The Bertz CT molecular complexity index is 996. The Balaban J connectivity index is 1.78. The van der Waals surface area contributed by atoms with Gasteiger partial charge in [-0.1, -0.05) is 62.4 Å². The number of hydrazone groups is 1. The molecule has 27 heavy (non-hydrogen) atoms. The van der Waals surface area contributed by atoms with Gasteiger partial charge in [-0.2, -0.15) is 10.4 Å². The van der Waals surface area contributed by atoms with Gasteiger partial charge in [0, 0.05) is 29.2 Å². The minimum absolute atomic E-state index is 0.439. The zero-order valence-electron chi connectivity index (χ0n) is 15.5.